The van der Waals surface area contributed by atoms with Gasteiger partial charge in [0.2, 0.25) is 11.8 Å². The number of fused-ring (bicyclic) bond motifs is 4. The zero-order valence-corrected chi connectivity index (χ0v) is 34.1. The average Bonchev–Trinajstić information content (AvgIpc) is 3.62. The molecule has 2 spiro atoms. The summed E-state index contributed by atoms with van der Waals surface area (Å²) in [6, 6.07) is 8.84. The number of para-hydroxylation sites is 1. The zero-order chi connectivity index (χ0) is 41.4. The van der Waals surface area contributed by atoms with Crippen LogP contribution < -0.4 is 20.7 Å². The predicted octanol–water partition coefficient (Wildman–Crippen LogP) is 4.79. The molecule has 2 unspecified atom stereocenters. The second kappa shape index (κ2) is 16.7. The number of halogens is 1. The first-order chi connectivity index (χ1) is 28.4. The minimum atomic E-state index is -4.38. The summed E-state index contributed by atoms with van der Waals surface area (Å²) in [5.74, 6) is -3.69. The van der Waals surface area contributed by atoms with Crippen LogP contribution in [0.3, 0.4) is 0 Å². The second-order valence-electron chi connectivity index (χ2n) is 17.4. The van der Waals surface area contributed by atoms with E-state index in [0.717, 1.165) is 63.4 Å². The van der Waals surface area contributed by atoms with Crippen molar-refractivity contribution in [2.45, 2.75) is 144 Å². The Bertz CT molecular complexity index is 2090. The molecule has 6 aliphatic rings. The molecule has 1 saturated heterocycles. The lowest BCUT2D eigenvalue weighted by molar-refractivity contribution is -0.153. The van der Waals surface area contributed by atoms with Gasteiger partial charge in [-0.1, -0.05) is 56.4 Å². The summed E-state index contributed by atoms with van der Waals surface area (Å²) in [7, 11) is -4.38. The molecule has 2 aliphatic heterocycles. The SMILES string of the molecule is O=C(N[C@H]1CCCCCCCNc2ccccc2S(=O)(=O)NC(=O)C2(CC23CCC3)NC(=O)[C@@H]2C[C@@H](OC(=O)C3Cc4cccc(F)c4C3)CN2C1=O)OC1CCCC1. The van der Waals surface area contributed by atoms with Crippen molar-refractivity contribution in [3.63, 3.8) is 0 Å². The Kier molecular flexibility index (Phi) is 11.6. The second-order valence-corrected chi connectivity index (χ2v) is 19.1. The fourth-order valence-electron chi connectivity index (χ4n) is 10.1. The fraction of sp³-hybridized carbons (Fsp3) is 0.605. The maximum absolute atomic E-state index is 14.7. The van der Waals surface area contributed by atoms with E-state index in [9.17, 15) is 36.8 Å². The molecule has 59 heavy (non-hydrogen) atoms. The number of alkyl carbamates (subject to hydrolysis) is 1. The number of hydrogen-bond donors (Lipinski definition) is 4. The standard InChI is InChI=1S/C43H54FN5O9S/c44-32-15-10-12-27-22-28(23-31(27)32)39(52)57-30-24-35-37(50)47-43(26-42(43)19-11-20-42)40(53)48-59(55,56)36-18-8-7-16-33(36)45-21-9-3-1-2-4-17-34(38(51)49(35)25-30)46-41(54)58-29-13-5-6-14-29/h7-8,10,12,15-16,18,28-30,34-35,45H,1-6,9,11,13-14,17,19-26H2,(H,46,54)(H,47,50)(H,48,53)/t28?,30-,34+,35+,43?/m1/s1. The summed E-state index contributed by atoms with van der Waals surface area (Å²) in [5.41, 5.74) is -0.635. The number of nitrogens with zero attached hydrogens (tertiary/aromatic N) is 1. The first-order valence-corrected chi connectivity index (χ1v) is 22.8. The quantitative estimate of drug-likeness (QED) is 0.312. The van der Waals surface area contributed by atoms with Gasteiger partial charge in [-0.3, -0.25) is 19.2 Å². The van der Waals surface area contributed by atoms with Crippen molar-refractivity contribution >= 4 is 45.5 Å². The van der Waals surface area contributed by atoms with Crippen molar-refractivity contribution in [1.29, 1.82) is 0 Å². The van der Waals surface area contributed by atoms with Crippen molar-refractivity contribution < 1.29 is 46.3 Å². The number of hydrogen-bond acceptors (Lipinski definition) is 10. The van der Waals surface area contributed by atoms with Gasteiger partial charge in [0.15, 0.2) is 0 Å². The van der Waals surface area contributed by atoms with Crippen LogP contribution in [0.2, 0.25) is 0 Å². The number of carbonyl (C=O) groups excluding carboxylic acids is 5. The summed E-state index contributed by atoms with van der Waals surface area (Å²) in [6.45, 7) is 0.334. The third-order valence-corrected chi connectivity index (χ3v) is 15.0. The zero-order valence-electron chi connectivity index (χ0n) is 33.3. The van der Waals surface area contributed by atoms with Crippen LogP contribution >= 0.6 is 0 Å². The number of amides is 4. The Morgan fingerprint density at radius 2 is 1.59 bits per heavy atom. The molecule has 0 bridgehead atoms. The number of nitrogens with one attached hydrogen (secondary N) is 4. The van der Waals surface area contributed by atoms with Crippen LogP contribution in [-0.4, -0.2) is 86.0 Å². The smallest absolute Gasteiger partial charge is 0.408 e. The molecule has 14 nitrogen and oxygen atoms in total. The molecule has 4 N–H and O–H groups in total. The van der Waals surface area contributed by atoms with E-state index in [1.165, 1.54) is 17.0 Å². The Hall–Kier alpha value is -4.73. The van der Waals surface area contributed by atoms with Crippen molar-refractivity contribution in [3.05, 3.63) is 59.4 Å². The van der Waals surface area contributed by atoms with E-state index in [1.54, 1.807) is 30.3 Å². The molecule has 4 amide bonds. The highest BCUT2D eigenvalue weighted by Crippen LogP contribution is 2.68. The van der Waals surface area contributed by atoms with Crippen LogP contribution in [0.15, 0.2) is 47.4 Å². The third-order valence-electron chi connectivity index (χ3n) is 13.6. The average molecular weight is 836 g/mol. The summed E-state index contributed by atoms with van der Waals surface area (Å²) in [4.78, 5) is 71.6. The lowest BCUT2D eigenvalue weighted by Gasteiger charge is -2.34. The number of esters is 1. The van der Waals surface area contributed by atoms with Crippen LogP contribution in [0.5, 0.6) is 0 Å². The van der Waals surface area contributed by atoms with Gasteiger partial charge in [0.25, 0.3) is 15.9 Å². The third kappa shape index (κ3) is 8.38. The largest absolute Gasteiger partial charge is 0.460 e. The molecule has 8 rings (SSSR count). The van der Waals surface area contributed by atoms with Crippen LogP contribution in [0.25, 0.3) is 0 Å². The van der Waals surface area contributed by atoms with Crippen LogP contribution in [-0.2, 0) is 51.5 Å². The van der Waals surface area contributed by atoms with Gasteiger partial charge < -0.3 is 30.3 Å². The molecule has 4 aliphatic carbocycles. The molecule has 3 saturated carbocycles. The highest BCUT2D eigenvalue weighted by Gasteiger charge is 2.75. The van der Waals surface area contributed by atoms with E-state index >= 15 is 0 Å². The van der Waals surface area contributed by atoms with Crippen molar-refractivity contribution in [3.8, 4) is 0 Å². The molecule has 16 heteroatoms. The van der Waals surface area contributed by atoms with Crippen LogP contribution in [0, 0.1) is 17.2 Å². The van der Waals surface area contributed by atoms with Gasteiger partial charge in [-0.25, -0.2) is 22.3 Å². The van der Waals surface area contributed by atoms with Gasteiger partial charge in [-0.15, -0.1) is 0 Å². The van der Waals surface area contributed by atoms with Gasteiger partial charge in [-0.2, -0.15) is 0 Å². The number of benzene rings is 2. The lowest BCUT2D eigenvalue weighted by atomic mass is 9.77. The Morgan fingerprint density at radius 3 is 2.34 bits per heavy atom. The fourth-order valence-corrected chi connectivity index (χ4v) is 11.3. The van der Waals surface area contributed by atoms with Gasteiger partial charge in [0.1, 0.15) is 40.5 Å². The van der Waals surface area contributed by atoms with Crippen LogP contribution in [0.1, 0.15) is 107 Å². The van der Waals surface area contributed by atoms with Gasteiger partial charge >= 0.3 is 12.1 Å². The number of rotatable bonds is 4. The van der Waals surface area contributed by atoms with E-state index in [0.29, 0.717) is 43.5 Å². The van der Waals surface area contributed by atoms with Crippen molar-refractivity contribution in [1.82, 2.24) is 20.3 Å². The Labute approximate surface area is 344 Å². The first-order valence-electron chi connectivity index (χ1n) is 21.3. The molecule has 0 radical (unpaired) electrons. The number of carbonyl (C=O) groups is 5. The monoisotopic (exact) mass is 835 g/mol. The molecule has 5 atom stereocenters. The summed E-state index contributed by atoms with van der Waals surface area (Å²) in [5, 5.41) is 8.92. The maximum atomic E-state index is 14.7. The molecule has 2 aromatic carbocycles. The van der Waals surface area contributed by atoms with E-state index < -0.39 is 74.9 Å². The highest BCUT2D eigenvalue weighted by atomic mass is 32.2. The van der Waals surface area contributed by atoms with Gasteiger partial charge in [-0.05, 0) is 100.0 Å². The summed E-state index contributed by atoms with van der Waals surface area (Å²) in [6.07, 6.45) is 8.07. The van der Waals surface area contributed by atoms with Crippen molar-refractivity contribution in [2.75, 3.05) is 18.4 Å². The first kappa shape index (κ1) is 41.0. The predicted molar refractivity (Wildman–Crippen MR) is 213 cm³/mol. The minimum Gasteiger partial charge on any atom is -0.460 e. The lowest BCUT2D eigenvalue weighted by Crippen LogP contribution is -2.59. The maximum Gasteiger partial charge on any atom is 0.408 e. The normalized spacial score (nSPS) is 29.5. The van der Waals surface area contributed by atoms with Crippen molar-refractivity contribution in [2.24, 2.45) is 11.3 Å². The van der Waals surface area contributed by atoms with Crippen LogP contribution in [0.4, 0.5) is 14.9 Å². The molecule has 2 heterocycles. The van der Waals surface area contributed by atoms with Gasteiger partial charge in [0, 0.05) is 18.4 Å². The molecular weight excluding hydrogens is 782 g/mol. The summed E-state index contributed by atoms with van der Waals surface area (Å²) < 4.78 is 56.2. The number of sulfonamides is 1. The minimum absolute atomic E-state index is 0.0807. The highest BCUT2D eigenvalue weighted by molar-refractivity contribution is 7.90. The molecule has 4 fully saturated rings. The Morgan fingerprint density at radius 1 is 0.847 bits per heavy atom. The summed E-state index contributed by atoms with van der Waals surface area (Å²) >= 11 is 0. The van der Waals surface area contributed by atoms with Gasteiger partial charge in [0.05, 0.1) is 18.2 Å². The molecule has 0 aromatic heterocycles. The van der Waals surface area contributed by atoms with E-state index in [1.807, 2.05) is 0 Å². The van der Waals surface area contributed by atoms with E-state index in [-0.39, 0.29) is 49.0 Å². The molecular formula is C43H54FN5O9S. The Balaban J connectivity index is 1.07. The molecule has 318 valence electrons. The number of anilines is 1. The van der Waals surface area contributed by atoms with E-state index in [2.05, 4.69) is 20.7 Å². The topological polar surface area (TPSA) is 189 Å². The number of ether oxygens (including phenoxy) is 2. The van der Waals surface area contributed by atoms with E-state index in [4.69, 9.17) is 9.47 Å². The molecule has 2 aromatic rings.